The van der Waals surface area contributed by atoms with E-state index in [9.17, 15) is 9.18 Å². The largest absolute Gasteiger partial charge is 0.482 e. The number of rotatable bonds is 6. The molecule has 2 aromatic rings. The first-order valence-corrected chi connectivity index (χ1v) is 6.76. The van der Waals surface area contributed by atoms with Gasteiger partial charge in [0.1, 0.15) is 11.6 Å². The molecule has 0 atom stereocenters. The predicted molar refractivity (Wildman–Crippen MR) is 77.9 cm³/mol. The molecule has 0 spiro atoms. The lowest BCUT2D eigenvalue weighted by molar-refractivity contribution is -0.123. The maximum atomic E-state index is 12.8. The zero-order chi connectivity index (χ0) is 15.1. The Kier molecular flexibility index (Phi) is 5.51. The van der Waals surface area contributed by atoms with Crippen LogP contribution in [0.3, 0.4) is 0 Å². The van der Waals surface area contributed by atoms with E-state index in [2.05, 4.69) is 10.3 Å². The molecule has 0 aliphatic heterocycles. The minimum atomic E-state index is -0.451. The van der Waals surface area contributed by atoms with Gasteiger partial charge in [0.05, 0.1) is 5.02 Å². The summed E-state index contributed by atoms with van der Waals surface area (Å²) in [6.45, 7) is 0.323. The van der Waals surface area contributed by atoms with Crippen molar-refractivity contribution in [2.24, 2.45) is 0 Å². The molecule has 0 radical (unpaired) electrons. The van der Waals surface area contributed by atoms with Crippen LogP contribution in [0.5, 0.6) is 5.75 Å². The summed E-state index contributed by atoms with van der Waals surface area (Å²) in [7, 11) is 0. The van der Waals surface area contributed by atoms with E-state index in [-0.39, 0.29) is 23.3 Å². The van der Waals surface area contributed by atoms with Crippen LogP contribution in [0.2, 0.25) is 5.02 Å². The molecule has 110 valence electrons. The van der Waals surface area contributed by atoms with E-state index in [1.807, 2.05) is 12.1 Å². The molecule has 0 aliphatic carbocycles. The number of amides is 1. The van der Waals surface area contributed by atoms with Gasteiger partial charge in [0.25, 0.3) is 5.91 Å². The van der Waals surface area contributed by atoms with Gasteiger partial charge >= 0.3 is 0 Å². The number of hydrogen-bond donors (Lipinski definition) is 1. The van der Waals surface area contributed by atoms with Crippen molar-refractivity contribution in [3.63, 3.8) is 0 Å². The quantitative estimate of drug-likeness (QED) is 0.892. The van der Waals surface area contributed by atoms with Crippen LogP contribution in [-0.4, -0.2) is 24.0 Å². The maximum Gasteiger partial charge on any atom is 0.257 e. The van der Waals surface area contributed by atoms with Gasteiger partial charge in [-0.3, -0.25) is 9.78 Å². The Labute approximate surface area is 126 Å². The van der Waals surface area contributed by atoms with E-state index in [1.54, 1.807) is 12.4 Å². The summed E-state index contributed by atoms with van der Waals surface area (Å²) in [5.74, 6) is -0.437. The monoisotopic (exact) mass is 308 g/mol. The Morgan fingerprint density at radius 1 is 1.38 bits per heavy atom. The van der Waals surface area contributed by atoms with Crippen LogP contribution in [0.25, 0.3) is 0 Å². The second kappa shape index (κ2) is 7.59. The number of ether oxygens (including phenoxy) is 1. The number of pyridine rings is 1. The van der Waals surface area contributed by atoms with Crippen molar-refractivity contribution in [2.45, 2.75) is 6.42 Å². The van der Waals surface area contributed by atoms with Crippen molar-refractivity contribution in [3.8, 4) is 5.75 Å². The fraction of sp³-hybridized carbons (Fsp3) is 0.200. The molecule has 4 nitrogen and oxygen atoms in total. The Bertz CT molecular complexity index is 608. The SMILES string of the molecule is O=C(COc1ccc(F)cc1Cl)NCCc1cccnc1. The minimum absolute atomic E-state index is 0.137. The zero-order valence-corrected chi connectivity index (χ0v) is 11.9. The predicted octanol–water partition coefficient (Wildman–Crippen LogP) is 2.61. The average molecular weight is 309 g/mol. The molecule has 0 aliphatic rings. The summed E-state index contributed by atoms with van der Waals surface area (Å²) in [6, 6.07) is 7.53. The lowest BCUT2D eigenvalue weighted by atomic mass is 10.2. The smallest absolute Gasteiger partial charge is 0.257 e. The van der Waals surface area contributed by atoms with Crippen LogP contribution >= 0.6 is 11.6 Å². The van der Waals surface area contributed by atoms with Gasteiger partial charge in [-0.25, -0.2) is 4.39 Å². The molecule has 1 N–H and O–H groups in total. The number of hydrogen-bond acceptors (Lipinski definition) is 3. The highest BCUT2D eigenvalue weighted by atomic mass is 35.5. The summed E-state index contributed by atoms with van der Waals surface area (Å²) >= 11 is 5.79. The Balaban J connectivity index is 1.72. The van der Waals surface area contributed by atoms with Gasteiger partial charge in [-0.1, -0.05) is 17.7 Å². The highest BCUT2D eigenvalue weighted by Crippen LogP contribution is 2.24. The summed E-state index contributed by atoms with van der Waals surface area (Å²) in [6.07, 6.45) is 4.14. The average Bonchev–Trinajstić information content (AvgIpc) is 2.47. The van der Waals surface area contributed by atoms with Gasteiger partial charge in [-0.2, -0.15) is 0 Å². The van der Waals surface area contributed by atoms with Gasteiger partial charge in [0.2, 0.25) is 0 Å². The lowest BCUT2D eigenvalue weighted by Gasteiger charge is -2.08. The van der Waals surface area contributed by atoms with Gasteiger partial charge < -0.3 is 10.1 Å². The van der Waals surface area contributed by atoms with Gasteiger partial charge in [-0.05, 0) is 36.2 Å². The Morgan fingerprint density at radius 2 is 2.24 bits per heavy atom. The third-order valence-electron chi connectivity index (χ3n) is 2.71. The molecule has 0 saturated heterocycles. The van der Waals surface area contributed by atoms with E-state index in [0.717, 1.165) is 11.6 Å². The first-order chi connectivity index (χ1) is 10.1. The molecule has 1 amide bonds. The first-order valence-electron chi connectivity index (χ1n) is 6.38. The van der Waals surface area contributed by atoms with Gasteiger partial charge in [0.15, 0.2) is 6.61 Å². The fourth-order valence-electron chi connectivity index (χ4n) is 1.68. The van der Waals surface area contributed by atoms with E-state index in [1.165, 1.54) is 12.1 Å². The number of aromatic nitrogens is 1. The number of nitrogens with one attached hydrogen (secondary N) is 1. The second-order valence-electron chi connectivity index (χ2n) is 4.32. The number of benzene rings is 1. The molecule has 2 rings (SSSR count). The van der Waals surface area contributed by atoms with Crippen LogP contribution in [-0.2, 0) is 11.2 Å². The molecule has 0 saturated carbocycles. The standard InChI is InChI=1S/C15H14ClFN2O2/c16-13-8-12(17)3-4-14(13)21-10-15(20)19-7-5-11-2-1-6-18-9-11/h1-4,6,8-9H,5,7,10H2,(H,19,20). The highest BCUT2D eigenvalue weighted by Gasteiger charge is 2.06. The fourth-order valence-corrected chi connectivity index (χ4v) is 1.90. The Morgan fingerprint density at radius 3 is 2.95 bits per heavy atom. The molecule has 1 heterocycles. The summed E-state index contributed by atoms with van der Waals surface area (Å²) in [5.41, 5.74) is 1.04. The van der Waals surface area contributed by atoms with E-state index in [0.29, 0.717) is 13.0 Å². The van der Waals surface area contributed by atoms with Crippen LogP contribution in [0.15, 0.2) is 42.7 Å². The molecule has 6 heteroatoms. The molecule has 1 aromatic heterocycles. The molecular weight excluding hydrogens is 295 g/mol. The van der Waals surface area contributed by atoms with Crippen molar-refractivity contribution in [1.29, 1.82) is 0 Å². The van der Waals surface area contributed by atoms with Crippen molar-refractivity contribution >= 4 is 17.5 Å². The summed E-state index contributed by atoms with van der Waals surface area (Å²) in [5, 5.41) is 2.86. The number of nitrogens with zero attached hydrogens (tertiary/aromatic N) is 1. The maximum absolute atomic E-state index is 12.8. The van der Waals surface area contributed by atoms with Gasteiger partial charge in [-0.15, -0.1) is 0 Å². The van der Waals surface area contributed by atoms with E-state index in [4.69, 9.17) is 16.3 Å². The summed E-state index contributed by atoms with van der Waals surface area (Å²) in [4.78, 5) is 15.6. The minimum Gasteiger partial charge on any atom is -0.482 e. The first kappa shape index (κ1) is 15.3. The van der Waals surface area contributed by atoms with Crippen LogP contribution in [0, 0.1) is 5.82 Å². The van der Waals surface area contributed by atoms with Crippen molar-refractivity contribution in [2.75, 3.05) is 13.2 Å². The van der Waals surface area contributed by atoms with Crippen molar-refractivity contribution < 1.29 is 13.9 Å². The summed E-state index contributed by atoms with van der Waals surface area (Å²) < 4.78 is 18.1. The molecule has 0 fully saturated rings. The lowest BCUT2D eigenvalue weighted by Crippen LogP contribution is -2.30. The normalized spacial score (nSPS) is 10.2. The third kappa shape index (κ3) is 5.04. The molecule has 21 heavy (non-hydrogen) atoms. The van der Waals surface area contributed by atoms with Crippen LogP contribution < -0.4 is 10.1 Å². The van der Waals surface area contributed by atoms with Crippen LogP contribution in [0.4, 0.5) is 4.39 Å². The molecule has 0 bridgehead atoms. The molecular formula is C15H14ClFN2O2. The van der Waals surface area contributed by atoms with E-state index >= 15 is 0 Å². The number of carbonyl (C=O) groups excluding carboxylic acids is 1. The van der Waals surface area contributed by atoms with Gasteiger partial charge in [0, 0.05) is 18.9 Å². The Hall–Kier alpha value is -2.14. The zero-order valence-electron chi connectivity index (χ0n) is 11.2. The molecule has 1 aromatic carbocycles. The molecule has 0 unspecified atom stereocenters. The second-order valence-corrected chi connectivity index (χ2v) is 4.73. The topological polar surface area (TPSA) is 51.2 Å². The van der Waals surface area contributed by atoms with Crippen molar-refractivity contribution in [1.82, 2.24) is 10.3 Å². The van der Waals surface area contributed by atoms with Crippen LogP contribution in [0.1, 0.15) is 5.56 Å². The number of carbonyl (C=O) groups is 1. The third-order valence-corrected chi connectivity index (χ3v) is 3.01. The van der Waals surface area contributed by atoms with E-state index < -0.39 is 5.82 Å². The highest BCUT2D eigenvalue weighted by molar-refractivity contribution is 6.32. The van der Waals surface area contributed by atoms with Crippen molar-refractivity contribution in [3.05, 3.63) is 59.1 Å². The number of halogens is 2.